The molecule has 0 aliphatic heterocycles. The van der Waals surface area contributed by atoms with Crippen molar-refractivity contribution < 1.29 is 9.90 Å². The first-order valence-corrected chi connectivity index (χ1v) is 5.11. The van der Waals surface area contributed by atoms with Crippen LogP contribution in [0.15, 0.2) is 11.6 Å². The lowest BCUT2D eigenvalue weighted by Gasteiger charge is -2.12. The molecule has 0 spiro atoms. The lowest BCUT2D eigenvalue weighted by atomic mass is 9.93. The highest BCUT2D eigenvalue weighted by atomic mass is 16.3. The first kappa shape index (κ1) is 10.5. The molecule has 1 N–H and O–H groups in total. The van der Waals surface area contributed by atoms with Crippen LogP contribution in [0.1, 0.15) is 39.0 Å². The Labute approximate surface area is 79.6 Å². The molecule has 0 aromatic heterocycles. The SMILES string of the molecule is CCC(CCO)CC1=CCCC1=O. The number of rotatable bonds is 5. The predicted octanol–water partition coefficient (Wildman–Crippen LogP) is 2.07. The van der Waals surface area contributed by atoms with E-state index < -0.39 is 0 Å². The molecule has 1 aliphatic rings. The van der Waals surface area contributed by atoms with Crippen LogP contribution in [-0.4, -0.2) is 17.5 Å². The highest BCUT2D eigenvalue weighted by Crippen LogP contribution is 2.24. The summed E-state index contributed by atoms with van der Waals surface area (Å²) >= 11 is 0. The van der Waals surface area contributed by atoms with Gasteiger partial charge in [0.15, 0.2) is 5.78 Å². The number of aliphatic hydroxyl groups excluding tert-OH is 1. The molecule has 0 saturated heterocycles. The lowest BCUT2D eigenvalue weighted by Crippen LogP contribution is -2.06. The van der Waals surface area contributed by atoms with E-state index in [1.807, 2.05) is 0 Å². The minimum Gasteiger partial charge on any atom is -0.396 e. The van der Waals surface area contributed by atoms with Crippen molar-refractivity contribution in [2.24, 2.45) is 5.92 Å². The van der Waals surface area contributed by atoms with E-state index >= 15 is 0 Å². The van der Waals surface area contributed by atoms with E-state index in [0.717, 1.165) is 31.3 Å². The van der Waals surface area contributed by atoms with Crippen LogP contribution in [0.25, 0.3) is 0 Å². The maximum Gasteiger partial charge on any atom is 0.158 e. The number of carbonyl (C=O) groups excluding carboxylic acids is 1. The molecule has 0 aromatic rings. The van der Waals surface area contributed by atoms with Crippen molar-refractivity contribution in [3.8, 4) is 0 Å². The molecule has 74 valence electrons. The summed E-state index contributed by atoms with van der Waals surface area (Å²) in [6.45, 7) is 2.35. The summed E-state index contributed by atoms with van der Waals surface area (Å²) in [5, 5.41) is 8.80. The predicted molar refractivity (Wildman–Crippen MR) is 52.4 cm³/mol. The monoisotopic (exact) mass is 182 g/mol. The van der Waals surface area contributed by atoms with Gasteiger partial charge in [0.05, 0.1) is 0 Å². The zero-order valence-electron chi connectivity index (χ0n) is 8.25. The van der Waals surface area contributed by atoms with Gasteiger partial charge in [-0.3, -0.25) is 4.79 Å². The van der Waals surface area contributed by atoms with Gasteiger partial charge in [0.2, 0.25) is 0 Å². The topological polar surface area (TPSA) is 37.3 Å². The van der Waals surface area contributed by atoms with Crippen molar-refractivity contribution >= 4 is 5.78 Å². The Bertz CT molecular complexity index is 206. The van der Waals surface area contributed by atoms with Gasteiger partial charge in [-0.1, -0.05) is 19.4 Å². The van der Waals surface area contributed by atoms with E-state index in [1.54, 1.807) is 0 Å². The van der Waals surface area contributed by atoms with Crippen molar-refractivity contribution in [2.45, 2.75) is 39.0 Å². The second-order valence-corrected chi connectivity index (χ2v) is 3.68. The fourth-order valence-electron chi connectivity index (χ4n) is 1.79. The molecule has 0 aromatic carbocycles. The molecule has 1 unspecified atom stereocenters. The summed E-state index contributed by atoms with van der Waals surface area (Å²) in [4.78, 5) is 11.3. The van der Waals surface area contributed by atoms with E-state index in [1.165, 1.54) is 0 Å². The van der Waals surface area contributed by atoms with Gasteiger partial charge in [-0.2, -0.15) is 0 Å². The summed E-state index contributed by atoms with van der Waals surface area (Å²) < 4.78 is 0. The highest BCUT2D eigenvalue weighted by molar-refractivity contribution is 5.97. The molecule has 2 nitrogen and oxygen atoms in total. The number of hydrogen-bond donors (Lipinski definition) is 1. The molecular weight excluding hydrogens is 164 g/mol. The third kappa shape index (κ3) is 2.96. The smallest absolute Gasteiger partial charge is 0.158 e. The third-order valence-corrected chi connectivity index (χ3v) is 2.74. The number of aliphatic hydroxyl groups is 1. The summed E-state index contributed by atoms with van der Waals surface area (Å²) in [6.07, 6.45) is 6.42. The maximum absolute atomic E-state index is 11.3. The molecule has 1 rings (SSSR count). The Morgan fingerprint density at radius 2 is 2.38 bits per heavy atom. The van der Waals surface area contributed by atoms with Gasteiger partial charge in [0, 0.05) is 13.0 Å². The van der Waals surface area contributed by atoms with Crippen LogP contribution in [0.3, 0.4) is 0 Å². The molecule has 0 heterocycles. The van der Waals surface area contributed by atoms with Crippen molar-refractivity contribution in [1.82, 2.24) is 0 Å². The highest BCUT2D eigenvalue weighted by Gasteiger charge is 2.18. The van der Waals surface area contributed by atoms with Crippen molar-refractivity contribution in [3.63, 3.8) is 0 Å². The summed E-state index contributed by atoms with van der Waals surface area (Å²) in [5.74, 6) is 0.801. The Balaban J connectivity index is 2.41. The average Bonchev–Trinajstić information content (AvgIpc) is 2.51. The second-order valence-electron chi connectivity index (χ2n) is 3.68. The molecular formula is C11H18O2. The minimum atomic E-state index is 0.236. The van der Waals surface area contributed by atoms with Gasteiger partial charge in [0.1, 0.15) is 0 Å². The first-order valence-electron chi connectivity index (χ1n) is 5.11. The lowest BCUT2D eigenvalue weighted by molar-refractivity contribution is -0.115. The fourth-order valence-corrected chi connectivity index (χ4v) is 1.79. The zero-order valence-corrected chi connectivity index (χ0v) is 8.25. The molecule has 2 heteroatoms. The molecule has 1 atom stereocenters. The molecule has 13 heavy (non-hydrogen) atoms. The van der Waals surface area contributed by atoms with E-state index in [9.17, 15) is 4.79 Å². The molecule has 1 aliphatic carbocycles. The second kappa shape index (κ2) is 5.18. The number of carbonyl (C=O) groups is 1. The van der Waals surface area contributed by atoms with Gasteiger partial charge in [-0.05, 0) is 30.8 Å². The Hall–Kier alpha value is -0.630. The quantitative estimate of drug-likeness (QED) is 0.706. The molecule has 0 saturated carbocycles. The molecule has 0 fully saturated rings. The Kier molecular flexibility index (Phi) is 4.16. The van der Waals surface area contributed by atoms with Crippen LogP contribution in [0.5, 0.6) is 0 Å². The number of allylic oxidation sites excluding steroid dienone is 2. The zero-order chi connectivity index (χ0) is 9.68. The summed E-state index contributed by atoms with van der Waals surface area (Å²) in [5.41, 5.74) is 1.00. The summed E-state index contributed by atoms with van der Waals surface area (Å²) in [7, 11) is 0. The largest absolute Gasteiger partial charge is 0.396 e. The number of ketones is 1. The van der Waals surface area contributed by atoms with Crippen molar-refractivity contribution in [1.29, 1.82) is 0 Å². The van der Waals surface area contributed by atoms with Crippen LogP contribution >= 0.6 is 0 Å². The first-order chi connectivity index (χ1) is 6.27. The average molecular weight is 182 g/mol. The van der Waals surface area contributed by atoms with Crippen molar-refractivity contribution in [3.05, 3.63) is 11.6 Å². The van der Waals surface area contributed by atoms with Gasteiger partial charge >= 0.3 is 0 Å². The Morgan fingerprint density at radius 3 is 2.85 bits per heavy atom. The normalized spacial score (nSPS) is 18.9. The van der Waals surface area contributed by atoms with Crippen LogP contribution in [0.2, 0.25) is 0 Å². The minimum absolute atomic E-state index is 0.236. The van der Waals surface area contributed by atoms with Gasteiger partial charge in [-0.25, -0.2) is 0 Å². The molecule has 0 bridgehead atoms. The van der Waals surface area contributed by atoms with E-state index in [0.29, 0.717) is 18.1 Å². The van der Waals surface area contributed by atoms with E-state index in [4.69, 9.17) is 5.11 Å². The van der Waals surface area contributed by atoms with E-state index in [-0.39, 0.29) is 6.61 Å². The van der Waals surface area contributed by atoms with Crippen LogP contribution in [0, 0.1) is 5.92 Å². The van der Waals surface area contributed by atoms with Crippen LogP contribution in [-0.2, 0) is 4.79 Å². The van der Waals surface area contributed by atoms with E-state index in [2.05, 4.69) is 13.0 Å². The fraction of sp³-hybridized carbons (Fsp3) is 0.727. The molecule has 0 amide bonds. The molecule has 0 radical (unpaired) electrons. The standard InChI is InChI=1S/C11H18O2/c1-2-9(6-7-12)8-10-4-3-5-11(10)13/h4,9,12H,2-3,5-8H2,1H3. The van der Waals surface area contributed by atoms with Crippen LogP contribution in [0.4, 0.5) is 0 Å². The Morgan fingerprint density at radius 1 is 1.62 bits per heavy atom. The summed E-state index contributed by atoms with van der Waals surface area (Å²) in [6, 6.07) is 0. The van der Waals surface area contributed by atoms with Gasteiger partial charge in [0.25, 0.3) is 0 Å². The van der Waals surface area contributed by atoms with Crippen LogP contribution < -0.4 is 0 Å². The number of hydrogen-bond acceptors (Lipinski definition) is 2. The third-order valence-electron chi connectivity index (χ3n) is 2.74. The van der Waals surface area contributed by atoms with Gasteiger partial charge in [-0.15, -0.1) is 0 Å². The number of Topliss-reactive ketones (excluding diaryl/α,β-unsaturated/α-hetero) is 1. The van der Waals surface area contributed by atoms with Crippen molar-refractivity contribution in [2.75, 3.05) is 6.61 Å². The van der Waals surface area contributed by atoms with Gasteiger partial charge < -0.3 is 5.11 Å². The maximum atomic E-state index is 11.3.